The van der Waals surface area contributed by atoms with Crippen LogP contribution in [0, 0.1) is 0 Å². The van der Waals surface area contributed by atoms with Crippen LogP contribution in [0.4, 0.5) is 5.69 Å². The normalized spacial score (nSPS) is 10.3. The lowest BCUT2D eigenvalue weighted by Crippen LogP contribution is -2.26. The van der Waals surface area contributed by atoms with Crippen molar-refractivity contribution in [1.29, 1.82) is 0 Å². The number of nitrogen functional groups attached to an aromatic ring is 1. The number of hydrogen-bond acceptors (Lipinski definition) is 3. The van der Waals surface area contributed by atoms with Gasteiger partial charge in [-0.1, -0.05) is 15.9 Å². The lowest BCUT2D eigenvalue weighted by atomic mass is 10.1. The number of anilines is 1. The number of benzene rings is 1. The minimum Gasteiger partial charge on any atom is -0.398 e. The van der Waals surface area contributed by atoms with E-state index in [2.05, 4.69) is 26.1 Å². The molecule has 0 saturated carbocycles. The highest BCUT2D eigenvalue weighted by Gasteiger charge is 2.15. The van der Waals surface area contributed by atoms with Gasteiger partial charge in [0.25, 0.3) is 5.91 Å². The van der Waals surface area contributed by atoms with Gasteiger partial charge in [-0.3, -0.25) is 9.89 Å². The average molecular weight is 309 g/mol. The number of amides is 1. The highest BCUT2D eigenvalue weighted by atomic mass is 79.9. The first-order chi connectivity index (χ1) is 8.58. The number of aromatic amines is 1. The van der Waals surface area contributed by atoms with Gasteiger partial charge in [0, 0.05) is 35.5 Å². The van der Waals surface area contributed by atoms with Crippen molar-refractivity contribution in [3.05, 3.63) is 46.2 Å². The van der Waals surface area contributed by atoms with Crippen LogP contribution in [0.25, 0.3) is 0 Å². The first-order valence-electron chi connectivity index (χ1n) is 5.36. The number of H-pyrrole nitrogens is 1. The van der Waals surface area contributed by atoms with Crippen molar-refractivity contribution in [2.45, 2.75) is 6.54 Å². The fourth-order valence-corrected chi connectivity index (χ4v) is 1.99. The summed E-state index contributed by atoms with van der Waals surface area (Å²) in [7, 11) is 1.73. The van der Waals surface area contributed by atoms with E-state index in [0.717, 1.165) is 10.0 Å². The highest BCUT2D eigenvalue weighted by molar-refractivity contribution is 9.10. The van der Waals surface area contributed by atoms with E-state index < -0.39 is 0 Å². The van der Waals surface area contributed by atoms with Crippen LogP contribution in [-0.2, 0) is 6.54 Å². The van der Waals surface area contributed by atoms with Crippen molar-refractivity contribution in [3.63, 3.8) is 0 Å². The summed E-state index contributed by atoms with van der Waals surface area (Å²) in [6.07, 6.45) is 3.45. The summed E-state index contributed by atoms with van der Waals surface area (Å²) in [5.41, 5.74) is 7.73. The SMILES string of the molecule is CN(Cc1cn[nH]c1)C(=O)c1cc(Br)ccc1N. The van der Waals surface area contributed by atoms with Gasteiger partial charge in [0.15, 0.2) is 0 Å². The number of nitrogens with zero attached hydrogens (tertiary/aromatic N) is 2. The highest BCUT2D eigenvalue weighted by Crippen LogP contribution is 2.20. The van der Waals surface area contributed by atoms with Crippen LogP contribution in [0.3, 0.4) is 0 Å². The fraction of sp³-hybridized carbons (Fsp3) is 0.167. The van der Waals surface area contributed by atoms with Crippen LogP contribution in [0.2, 0.25) is 0 Å². The molecule has 0 fully saturated rings. The van der Waals surface area contributed by atoms with Crippen LogP contribution in [0.5, 0.6) is 0 Å². The van der Waals surface area contributed by atoms with Crippen molar-refractivity contribution in [2.75, 3.05) is 12.8 Å². The molecule has 3 N–H and O–H groups in total. The Labute approximate surface area is 113 Å². The Morgan fingerprint density at radius 3 is 3.00 bits per heavy atom. The van der Waals surface area contributed by atoms with Crippen molar-refractivity contribution < 1.29 is 4.79 Å². The van der Waals surface area contributed by atoms with Crippen molar-refractivity contribution >= 4 is 27.5 Å². The van der Waals surface area contributed by atoms with Crippen LogP contribution >= 0.6 is 15.9 Å². The average Bonchev–Trinajstić information content (AvgIpc) is 2.84. The number of aromatic nitrogens is 2. The van der Waals surface area contributed by atoms with E-state index in [1.165, 1.54) is 0 Å². The van der Waals surface area contributed by atoms with Crippen molar-refractivity contribution in [3.8, 4) is 0 Å². The number of nitrogens with two attached hydrogens (primary N) is 1. The lowest BCUT2D eigenvalue weighted by molar-refractivity contribution is 0.0786. The first-order valence-corrected chi connectivity index (χ1v) is 6.15. The van der Waals surface area contributed by atoms with E-state index in [1.807, 2.05) is 6.07 Å². The maximum atomic E-state index is 12.2. The zero-order valence-electron chi connectivity index (χ0n) is 9.85. The maximum absolute atomic E-state index is 12.2. The molecule has 0 saturated heterocycles. The van der Waals surface area contributed by atoms with E-state index in [-0.39, 0.29) is 5.91 Å². The minimum atomic E-state index is -0.116. The molecular formula is C12H13BrN4O. The summed E-state index contributed by atoms with van der Waals surface area (Å²) in [4.78, 5) is 13.8. The second-order valence-electron chi connectivity index (χ2n) is 4.00. The van der Waals surface area contributed by atoms with Crippen LogP contribution in [0.1, 0.15) is 15.9 Å². The summed E-state index contributed by atoms with van der Waals surface area (Å²) in [5, 5.41) is 6.56. The van der Waals surface area contributed by atoms with Crippen LogP contribution in [-0.4, -0.2) is 28.1 Å². The monoisotopic (exact) mass is 308 g/mol. The Balaban J connectivity index is 2.17. The molecular weight excluding hydrogens is 296 g/mol. The van der Waals surface area contributed by atoms with Crippen LogP contribution in [0.15, 0.2) is 35.1 Å². The molecule has 1 heterocycles. The summed E-state index contributed by atoms with van der Waals surface area (Å²) in [6, 6.07) is 5.24. The molecule has 5 nitrogen and oxygen atoms in total. The molecule has 0 atom stereocenters. The van der Waals surface area contributed by atoms with Gasteiger partial charge < -0.3 is 10.6 Å². The first kappa shape index (κ1) is 12.6. The van der Waals surface area contributed by atoms with E-state index in [0.29, 0.717) is 17.8 Å². The Hall–Kier alpha value is -1.82. The molecule has 0 aliphatic carbocycles. The molecule has 0 radical (unpaired) electrons. The molecule has 1 aromatic carbocycles. The zero-order chi connectivity index (χ0) is 13.1. The molecule has 1 aromatic heterocycles. The Morgan fingerprint density at radius 2 is 2.33 bits per heavy atom. The third-order valence-corrected chi connectivity index (χ3v) is 3.06. The second-order valence-corrected chi connectivity index (χ2v) is 4.92. The van der Waals surface area contributed by atoms with E-state index in [1.54, 1.807) is 36.5 Å². The fourth-order valence-electron chi connectivity index (χ4n) is 1.63. The topological polar surface area (TPSA) is 75.0 Å². The summed E-state index contributed by atoms with van der Waals surface area (Å²) >= 11 is 3.33. The van der Waals surface area contributed by atoms with Gasteiger partial charge in [0.1, 0.15) is 0 Å². The van der Waals surface area contributed by atoms with Gasteiger partial charge in [-0.2, -0.15) is 5.10 Å². The molecule has 2 aromatic rings. The number of nitrogens with one attached hydrogen (secondary N) is 1. The summed E-state index contributed by atoms with van der Waals surface area (Å²) in [6.45, 7) is 0.487. The van der Waals surface area contributed by atoms with Gasteiger partial charge >= 0.3 is 0 Å². The molecule has 0 unspecified atom stereocenters. The van der Waals surface area contributed by atoms with Crippen LogP contribution < -0.4 is 5.73 Å². The third-order valence-electron chi connectivity index (χ3n) is 2.57. The van der Waals surface area contributed by atoms with Gasteiger partial charge in [-0.15, -0.1) is 0 Å². The summed E-state index contributed by atoms with van der Waals surface area (Å²) < 4.78 is 0.830. The quantitative estimate of drug-likeness (QED) is 0.852. The molecule has 18 heavy (non-hydrogen) atoms. The third kappa shape index (κ3) is 2.70. The maximum Gasteiger partial charge on any atom is 0.256 e. The van der Waals surface area contributed by atoms with Crippen molar-refractivity contribution in [1.82, 2.24) is 15.1 Å². The van der Waals surface area contributed by atoms with Gasteiger partial charge in [0.05, 0.1) is 11.8 Å². The molecule has 1 amide bonds. The van der Waals surface area contributed by atoms with E-state index >= 15 is 0 Å². The number of rotatable bonds is 3. The zero-order valence-corrected chi connectivity index (χ0v) is 11.4. The Morgan fingerprint density at radius 1 is 1.56 bits per heavy atom. The predicted octanol–water partition coefficient (Wildman–Crippen LogP) is 2.03. The van der Waals surface area contributed by atoms with E-state index in [9.17, 15) is 4.79 Å². The predicted molar refractivity (Wildman–Crippen MR) is 72.9 cm³/mol. The number of carbonyl (C=O) groups excluding carboxylic acids is 1. The molecule has 0 spiro atoms. The van der Waals surface area contributed by atoms with E-state index in [4.69, 9.17) is 5.73 Å². The van der Waals surface area contributed by atoms with Gasteiger partial charge in [0.2, 0.25) is 0 Å². The number of hydrogen-bond donors (Lipinski definition) is 2. The minimum absolute atomic E-state index is 0.116. The summed E-state index contributed by atoms with van der Waals surface area (Å²) in [5.74, 6) is -0.116. The largest absolute Gasteiger partial charge is 0.398 e. The lowest BCUT2D eigenvalue weighted by Gasteiger charge is -2.17. The Bertz CT molecular complexity index is 553. The number of carbonyl (C=O) groups is 1. The second kappa shape index (κ2) is 5.22. The molecule has 0 bridgehead atoms. The Kier molecular flexibility index (Phi) is 3.66. The van der Waals surface area contributed by atoms with Gasteiger partial charge in [-0.25, -0.2) is 0 Å². The smallest absolute Gasteiger partial charge is 0.256 e. The standard InChI is InChI=1S/C12H13BrN4O/c1-17(7-8-5-15-16-6-8)12(18)10-4-9(13)2-3-11(10)14/h2-6H,7,14H2,1H3,(H,15,16). The van der Waals surface area contributed by atoms with Gasteiger partial charge in [-0.05, 0) is 18.2 Å². The molecule has 0 aliphatic rings. The molecule has 94 valence electrons. The molecule has 0 aliphatic heterocycles. The van der Waals surface area contributed by atoms with Crippen molar-refractivity contribution in [2.24, 2.45) is 0 Å². The number of halogens is 1. The molecule has 6 heteroatoms. The molecule has 2 rings (SSSR count).